The molecule has 7 heteroatoms. The molecule has 0 bridgehead atoms. The SMILES string of the molecule is CCN(CC)CCCC(C)NC(=NC)NCCCCN1CCN(c2cccc(C)c2)CC1.I. The van der Waals surface area contributed by atoms with Crippen molar-refractivity contribution in [2.75, 3.05) is 70.9 Å². The number of guanidine groups is 1. The standard InChI is InChI=1S/C26H48N6.HI/c1-6-30(7-2)17-11-13-24(4)29-26(27-5)28-15-8-9-16-31-18-20-32(21-19-31)25-14-10-12-23(3)22-25;/h10,12,14,22,24H,6-9,11,13,15-21H2,1-5H3,(H2,27,28,29);1H. The van der Waals surface area contributed by atoms with Crippen molar-refractivity contribution in [2.24, 2.45) is 4.99 Å². The van der Waals surface area contributed by atoms with Crippen molar-refractivity contribution < 1.29 is 0 Å². The number of piperazine rings is 1. The minimum absolute atomic E-state index is 0. The van der Waals surface area contributed by atoms with Gasteiger partial charge >= 0.3 is 0 Å². The predicted molar refractivity (Wildman–Crippen MR) is 155 cm³/mol. The summed E-state index contributed by atoms with van der Waals surface area (Å²) in [5.41, 5.74) is 2.71. The van der Waals surface area contributed by atoms with Gasteiger partial charge in [0.05, 0.1) is 0 Å². The summed E-state index contributed by atoms with van der Waals surface area (Å²) in [6.07, 6.45) is 4.80. The molecule has 0 aromatic heterocycles. The zero-order valence-electron chi connectivity index (χ0n) is 21.8. The van der Waals surface area contributed by atoms with Crippen molar-refractivity contribution in [3.8, 4) is 0 Å². The maximum atomic E-state index is 4.40. The molecular formula is C26H49IN6. The van der Waals surface area contributed by atoms with E-state index in [1.807, 2.05) is 7.05 Å². The van der Waals surface area contributed by atoms with E-state index in [9.17, 15) is 0 Å². The van der Waals surface area contributed by atoms with Gasteiger partial charge in [-0.05, 0) is 83.4 Å². The Morgan fingerprint density at radius 3 is 2.45 bits per heavy atom. The fourth-order valence-electron chi connectivity index (χ4n) is 4.38. The van der Waals surface area contributed by atoms with Gasteiger partial charge in [0.25, 0.3) is 0 Å². The fourth-order valence-corrected chi connectivity index (χ4v) is 4.38. The number of hydrogen-bond acceptors (Lipinski definition) is 4. The summed E-state index contributed by atoms with van der Waals surface area (Å²) < 4.78 is 0. The van der Waals surface area contributed by atoms with Crippen molar-refractivity contribution in [3.05, 3.63) is 29.8 Å². The maximum absolute atomic E-state index is 4.40. The molecule has 0 spiro atoms. The lowest BCUT2D eigenvalue weighted by Gasteiger charge is -2.36. The molecule has 6 nitrogen and oxygen atoms in total. The van der Waals surface area contributed by atoms with E-state index in [4.69, 9.17) is 0 Å². The first kappa shape index (κ1) is 30.0. The van der Waals surface area contributed by atoms with Crippen LogP contribution < -0.4 is 15.5 Å². The lowest BCUT2D eigenvalue weighted by molar-refractivity contribution is 0.253. The van der Waals surface area contributed by atoms with Crippen LogP contribution in [-0.2, 0) is 0 Å². The van der Waals surface area contributed by atoms with Gasteiger partial charge in [0.1, 0.15) is 0 Å². The van der Waals surface area contributed by atoms with Gasteiger partial charge in [0.15, 0.2) is 5.96 Å². The second kappa shape index (κ2) is 17.4. The summed E-state index contributed by atoms with van der Waals surface area (Å²) in [4.78, 5) is 12.0. The van der Waals surface area contributed by atoms with Crippen molar-refractivity contribution in [1.29, 1.82) is 0 Å². The third-order valence-corrected chi connectivity index (χ3v) is 6.55. The van der Waals surface area contributed by atoms with Crippen LogP contribution in [0.1, 0.15) is 52.0 Å². The van der Waals surface area contributed by atoms with Crippen LogP contribution in [0.2, 0.25) is 0 Å². The minimum atomic E-state index is 0. The van der Waals surface area contributed by atoms with Gasteiger partial charge in [-0.1, -0.05) is 26.0 Å². The molecule has 1 aromatic carbocycles. The number of benzene rings is 1. The van der Waals surface area contributed by atoms with E-state index < -0.39 is 0 Å². The topological polar surface area (TPSA) is 46.1 Å². The first-order chi connectivity index (χ1) is 15.5. The third-order valence-electron chi connectivity index (χ3n) is 6.55. The van der Waals surface area contributed by atoms with Crippen LogP contribution >= 0.6 is 24.0 Å². The van der Waals surface area contributed by atoms with E-state index in [-0.39, 0.29) is 24.0 Å². The molecule has 1 aromatic rings. The molecule has 1 atom stereocenters. The van der Waals surface area contributed by atoms with Crippen LogP contribution in [0.4, 0.5) is 5.69 Å². The first-order valence-corrected chi connectivity index (χ1v) is 12.8. The van der Waals surface area contributed by atoms with E-state index >= 15 is 0 Å². The molecule has 0 radical (unpaired) electrons. The molecule has 1 aliphatic rings. The maximum Gasteiger partial charge on any atom is 0.191 e. The van der Waals surface area contributed by atoms with Gasteiger partial charge in [0, 0.05) is 51.5 Å². The molecule has 33 heavy (non-hydrogen) atoms. The smallest absolute Gasteiger partial charge is 0.191 e. The largest absolute Gasteiger partial charge is 0.369 e. The Balaban J connectivity index is 0.00000544. The average Bonchev–Trinajstić information content (AvgIpc) is 2.81. The number of unbranched alkanes of at least 4 members (excludes halogenated alkanes) is 1. The molecule has 2 N–H and O–H groups in total. The summed E-state index contributed by atoms with van der Waals surface area (Å²) in [5, 5.41) is 7.04. The van der Waals surface area contributed by atoms with Gasteiger partial charge in [-0.2, -0.15) is 0 Å². The molecule has 0 amide bonds. The van der Waals surface area contributed by atoms with Crippen LogP contribution in [0, 0.1) is 6.92 Å². The third kappa shape index (κ3) is 11.8. The van der Waals surface area contributed by atoms with Gasteiger partial charge in [-0.25, -0.2) is 0 Å². The lowest BCUT2D eigenvalue weighted by Crippen LogP contribution is -2.46. The number of aliphatic imine (C=N–C) groups is 1. The minimum Gasteiger partial charge on any atom is -0.369 e. The van der Waals surface area contributed by atoms with E-state index in [1.54, 1.807) is 0 Å². The summed E-state index contributed by atoms with van der Waals surface area (Å²) in [6, 6.07) is 9.32. The molecule has 190 valence electrons. The van der Waals surface area contributed by atoms with E-state index in [0.29, 0.717) is 6.04 Å². The molecule has 1 unspecified atom stereocenters. The Bertz CT molecular complexity index is 656. The molecule has 1 saturated heterocycles. The van der Waals surface area contributed by atoms with Gasteiger partial charge in [-0.3, -0.25) is 9.89 Å². The summed E-state index contributed by atoms with van der Waals surface area (Å²) in [5.74, 6) is 0.937. The molecule has 1 fully saturated rings. The number of anilines is 1. The highest BCUT2D eigenvalue weighted by molar-refractivity contribution is 14.0. The number of nitrogens with one attached hydrogen (secondary N) is 2. The number of aryl methyl sites for hydroxylation is 1. The van der Waals surface area contributed by atoms with Crippen molar-refractivity contribution in [1.82, 2.24) is 20.4 Å². The van der Waals surface area contributed by atoms with Crippen molar-refractivity contribution in [2.45, 2.75) is 59.4 Å². The van der Waals surface area contributed by atoms with Crippen LogP contribution in [0.15, 0.2) is 29.3 Å². The highest BCUT2D eigenvalue weighted by Crippen LogP contribution is 2.17. The lowest BCUT2D eigenvalue weighted by atomic mass is 10.2. The Labute approximate surface area is 220 Å². The Morgan fingerprint density at radius 2 is 1.82 bits per heavy atom. The number of nitrogens with zero attached hydrogens (tertiary/aromatic N) is 4. The van der Waals surface area contributed by atoms with Gasteiger partial charge in [-0.15, -0.1) is 24.0 Å². The van der Waals surface area contributed by atoms with Gasteiger partial charge < -0.3 is 20.4 Å². The molecule has 2 rings (SSSR count). The zero-order chi connectivity index (χ0) is 23.2. The molecule has 0 saturated carbocycles. The normalized spacial score (nSPS) is 15.9. The van der Waals surface area contributed by atoms with Crippen molar-refractivity contribution in [3.63, 3.8) is 0 Å². The summed E-state index contributed by atoms with van der Waals surface area (Å²) in [7, 11) is 1.87. The highest BCUT2D eigenvalue weighted by Gasteiger charge is 2.16. The predicted octanol–water partition coefficient (Wildman–Crippen LogP) is 4.19. The van der Waals surface area contributed by atoms with E-state index in [1.165, 1.54) is 50.0 Å². The number of hydrogen-bond donors (Lipinski definition) is 2. The highest BCUT2D eigenvalue weighted by atomic mass is 127. The quantitative estimate of drug-likeness (QED) is 0.161. The Kier molecular flexibility index (Phi) is 15.8. The molecule has 0 aliphatic carbocycles. The number of rotatable bonds is 13. The molecular weight excluding hydrogens is 523 g/mol. The first-order valence-electron chi connectivity index (χ1n) is 12.8. The Morgan fingerprint density at radius 1 is 1.09 bits per heavy atom. The van der Waals surface area contributed by atoms with E-state index in [0.717, 1.165) is 51.8 Å². The van der Waals surface area contributed by atoms with Crippen LogP contribution in [-0.4, -0.2) is 87.8 Å². The molecule has 1 heterocycles. The number of halogens is 1. The Hall–Kier alpha value is -1.06. The zero-order valence-corrected chi connectivity index (χ0v) is 24.1. The summed E-state index contributed by atoms with van der Waals surface area (Å²) in [6.45, 7) is 19.1. The van der Waals surface area contributed by atoms with Crippen LogP contribution in [0.3, 0.4) is 0 Å². The fraction of sp³-hybridized carbons (Fsp3) is 0.731. The second-order valence-corrected chi connectivity index (χ2v) is 9.09. The van der Waals surface area contributed by atoms with Gasteiger partial charge in [0.2, 0.25) is 0 Å². The second-order valence-electron chi connectivity index (χ2n) is 9.09. The molecule has 1 aliphatic heterocycles. The van der Waals surface area contributed by atoms with Crippen LogP contribution in [0.5, 0.6) is 0 Å². The van der Waals surface area contributed by atoms with E-state index in [2.05, 4.69) is 82.3 Å². The van der Waals surface area contributed by atoms with Crippen LogP contribution in [0.25, 0.3) is 0 Å². The van der Waals surface area contributed by atoms with Crippen molar-refractivity contribution >= 4 is 35.6 Å². The monoisotopic (exact) mass is 572 g/mol. The summed E-state index contributed by atoms with van der Waals surface area (Å²) >= 11 is 0. The average molecular weight is 573 g/mol.